The number of fused-ring (bicyclic) bond motifs is 1. The van der Waals surface area contributed by atoms with Crippen LogP contribution in [0.5, 0.6) is 5.75 Å². The minimum Gasteiger partial charge on any atom is -0.492 e. The van der Waals surface area contributed by atoms with Crippen molar-refractivity contribution in [3.63, 3.8) is 0 Å². The third-order valence-electron chi connectivity index (χ3n) is 5.63. The van der Waals surface area contributed by atoms with Gasteiger partial charge in [0, 0.05) is 31.7 Å². The van der Waals surface area contributed by atoms with Crippen molar-refractivity contribution in [3.8, 4) is 5.75 Å². The molecule has 3 aromatic rings. The lowest BCUT2D eigenvalue weighted by molar-refractivity contribution is 0.0730. The van der Waals surface area contributed by atoms with Gasteiger partial charge in [-0.15, -0.1) is 0 Å². The Bertz CT molecular complexity index is 1270. The first-order valence-electron chi connectivity index (χ1n) is 11.5. The van der Waals surface area contributed by atoms with Gasteiger partial charge < -0.3 is 14.4 Å². The van der Waals surface area contributed by atoms with Gasteiger partial charge in [-0.1, -0.05) is 17.4 Å². The number of aromatic nitrogens is 1. The third-order valence-corrected chi connectivity index (χ3v) is 8.58. The predicted molar refractivity (Wildman–Crippen MR) is 137 cm³/mol. The first kappa shape index (κ1) is 25.5. The SMILES string of the molecule is CCOc1cccc2sc(N(CCN(C)C)C(=O)c3ccc(S(=O)(=O)N4CCOCC4)cc3)nc12. The van der Waals surface area contributed by atoms with E-state index in [1.165, 1.54) is 27.8 Å². The number of nitrogens with zero attached hydrogens (tertiary/aromatic N) is 4. The standard InChI is InChI=1S/C24H30N4O5S2/c1-4-33-20-6-5-7-21-22(20)25-24(34-21)28(13-12-26(2)3)23(29)18-8-10-19(11-9-18)35(30,31)27-14-16-32-17-15-27/h5-11H,4,12-17H2,1-3H3. The highest BCUT2D eigenvalue weighted by molar-refractivity contribution is 7.89. The molecule has 1 fully saturated rings. The number of anilines is 1. The lowest BCUT2D eigenvalue weighted by Gasteiger charge is -2.26. The molecule has 0 bridgehead atoms. The summed E-state index contributed by atoms with van der Waals surface area (Å²) in [6, 6.07) is 11.9. The number of amides is 1. The van der Waals surface area contributed by atoms with Crippen LogP contribution in [0.15, 0.2) is 47.4 Å². The fourth-order valence-corrected chi connectivity index (χ4v) is 6.16. The number of morpholine rings is 1. The zero-order chi connectivity index (χ0) is 25.0. The number of thiazole rings is 1. The largest absolute Gasteiger partial charge is 0.492 e. The molecular formula is C24H30N4O5S2. The molecule has 35 heavy (non-hydrogen) atoms. The molecule has 11 heteroatoms. The molecule has 0 atom stereocenters. The Kier molecular flexibility index (Phi) is 8.02. The average Bonchev–Trinajstić information content (AvgIpc) is 3.29. The van der Waals surface area contributed by atoms with Crippen molar-refractivity contribution < 1.29 is 22.7 Å². The van der Waals surface area contributed by atoms with E-state index in [-0.39, 0.29) is 10.8 Å². The number of carbonyl (C=O) groups is 1. The van der Waals surface area contributed by atoms with Gasteiger partial charge in [0.1, 0.15) is 11.3 Å². The minimum atomic E-state index is -3.63. The van der Waals surface area contributed by atoms with Gasteiger partial charge in [0.25, 0.3) is 5.91 Å². The molecule has 2 heterocycles. The second-order valence-corrected chi connectivity index (χ2v) is 11.3. The molecule has 2 aromatic carbocycles. The molecule has 0 spiro atoms. The molecule has 188 valence electrons. The van der Waals surface area contributed by atoms with E-state index < -0.39 is 10.0 Å². The van der Waals surface area contributed by atoms with Crippen molar-refractivity contribution in [2.75, 3.05) is 65.0 Å². The number of para-hydroxylation sites is 1. The molecule has 1 saturated heterocycles. The summed E-state index contributed by atoms with van der Waals surface area (Å²) in [4.78, 5) is 22.1. The van der Waals surface area contributed by atoms with Crippen LogP contribution in [-0.4, -0.2) is 88.6 Å². The van der Waals surface area contributed by atoms with Crippen molar-refractivity contribution in [1.29, 1.82) is 0 Å². The maximum Gasteiger partial charge on any atom is 0.260 e. The molecule has 1 aromatic heterocycles. The molecule has 1 aliphatic rings. The normalized spacial score (nSPS) is 15.0. The molecule has 0 radical (unpaired) electrons. The van der Waals surface area contributed by atoms with Gasteiger partial charge >= 0.3 is 0 Å². The number of hydrogen-bond donors (Lipinski definition) is 0. The number of benzene rings is 2. The molecule has 4 rings (SSSR count). The first-order valence-corrected chi connectivity index (χ1v) is 13.7. The second-order valence-electron chi connectivity index (χ2n) is 8.33. The molecule has 0 unspecified atom stereocenters. The number of sulfonamides is 1. The van der Waals surface area contributed by atoms with E-state index in [4.69, 9.17) is 14.5 Å². The van der Waals surface area contributed by atoms with E-state index in [9.17, 15) is 13.2 Å². The summed E-state index contributed by atoms with van der Waals surface area (Å²) in [6.07, 6.45) is 0. The van der Waals surface area contributed by atoms with Crippen LogP contribution in [0.4, 0.5) is 5.13 Å². The number of ether oxygens (including phenoxy) is 2. The van der Waals surface area contributed by atoms with Gasteiger partial charge in [-0.3, -0.25) is 9.69 Å². The van der Waals surface area contributed by atoms with E-state index in [0.29, 0.717) is 62.4 Å². The smallest absolute Gasteiger partial charge is 0.260 e. The van der Waals surface area contributed by atoms with Crippen LogP contribution in [0.3, 0.4) is 0 Å². The zero-order valence-corrected chi connectivity index (χ0v) is 21.8. The van der Waals surface area contributed by atoms with Crippen molar-refractivity contribution in [1.82, 2.24) is 14.2 Å². The Morgan fingerprint density at radius 3 is 2.49 bits per heavy atom. The highest BCUT2D eigenvalue weighted by Gasteiger charge is 2.27. The number of rotatable bonds is 9. The number of carbonyl (C=O) groups excluding carboxylic acids is 1. The van der Waals surface area contributed by atoms with Crippen LogP contribution in [0.1, 0.15) is 17.3 Å². The first-order chi connectivity index (χ1) is 16.8. The topological polar surface area (TPSA) is 92.3 Å². The quantitative estimate of drug-likeness (QED) is 0.430. The van der Waals surface area contributed by atoms with Crippen molar-refractivity contribution in [3.05, 3.63) is 48.0 Å². The summed E-state index contributed by atoms with van der Waals surface area (Å²) < 4.78 is 39.2. The third kappa shape index (κ3) is 5.65. The Hall–Kier alpha value is -2.57. The highest BCUT2D eigenvalue weighted by Crippen LogP contribution is 2.35. The lowest BCUT2D eigenvalue weighted by atomic mass is 10.2. The zero-order valence-electron chi connectivity index (χ0n) is 20.1. The fraction of sp³-hybridized carbons (Fsp3) is 0.417. The summed E-state index contributed by atoms with van der Waals surface area (Å²) in [5.41, 5.74) is 1.12. The summed E-state index contributed by atoms with van der Waals surface area (Å²) >= 11 is 1.43. The molecule has 1 amide bonds. The molecule has 0 saturated carbocycles. The van der Waals surface area contributed by atoms with Crippen LogP contribution in [0.25, 0.3) is 10.2 Å². The summed E-state index contributed by atoms with van der Waals surface area (Å²) in [6.45, 7) is 4.92. The Morgan fingerprint density at radius 1 is 1.11 bits per heavy atom. The van der Waals surface area contributed by atoms with Crippen LogP contribution in [-0.2, 0) is 14.8 Å². The Balaban J connectivity index is 1.63. The van der Waals surface area contributed by atoms with Gasteiger partial charge in [0.05, 0.1) is 29.4 Å². The molecule has 0 N–H and O–H groups in total. The lowest BCUT2D eigenvalue weighted by Crippen LogP contribution is -2.40. The number of likely N-dealkylation sites (N-methyl/N-ethyl adjacent to an activating group) is 1. The molecule has 9 nitrogen and oxygen atoms in total. The van der Waals surface area contributed by atoms with Crippen LogP contribution >= 0.6 is 11.3 Å². The van der Waals surface area contributed by atoms with Crippen LogP contribution in [0.2, 0.25) is 0 Å². The van der Waals surface area contributed by atoms with Gasteiger partial charge in [-0.05, 0) is 57.4 Å². The fourth-order valence-electron chi connectivity index (χ4n) is 3.74. The Labute approximate surface area is 209 Å². The van der Waals surface area contributed by atoms with Gasteiger partial charge in [0.2, 0.25) is 10.0 Å². The summed E-state index contributed by atoms with van der Waals surface area (Å²) in [5, 5.41) is 0.573. The molecule has 0 aliphatic carbocycles. The molecular weight excluding hydrogens is 488 g/mol. The van der Waals surface area contributed by atoms with Gasteiger partial charge in [-0.25, -0.2) is 13.4 Å². The van der Waals surface area contributed by atoms with Gasteiger partial charge in [0.15, 0.2) is 5.13 Å². The van der Waals surface area contributed by atoms with Crippen molar-refractivity contribution in [2.24, 2.45) is 0 Å². The minimum absolute atomic E-state index is 0.164. The predicted octanol–water partition coefficient (Wildman–Crippen LogP) is 2.92. The highest BCUT2D eigenvalue weighted by atomic mass is 32.2. The second kappa shape index (κ2) is 11.0. The van der Waals surface area contributed by atoms with E-state index in [1.54, 1.807) is 17.0 Å². The Morgan fingerprint density at radius 2 is 1.83 bits per heavy atom. The summed E-state index contributed by atoms with van der Waals surface area (Å²) in [7, 11) is 0.259. The van der Waals surface area contributed by atoms with E-state index in [2.05, 4.69) is 0 Å². The van der Waals surface area contributed by atoms with E-state index >= 15 is 0 Å². The monoisotopic (exact) mass is 518 g/mol. The average molecular weight is 519 g/mol. The summed E-state index contributed by atoms with van der Waals surface area (Å²) in [5.74, 6) is 0.448. The van der Waals surface area contributed by atoms with E-state index in [1.807, 2.05) is 44.1 Å². The van der Waals surface area contributed by atoms with Gasteiger partial charge in [-0.2, -0.15) is 4.31 Å². The molecule has 1 aliphatic heterocycles. The van der Waals surface area contributed by atoms with Crippen molar-refractivity contribution in [2.45, 2.75) is 11.8 Å². The maximum atomic E-state index is 13.6. The van der Waals surface area contributed by atoms with Crippen molar-refractivity contribution >= 4 is 42.6 Å². The van der Waals surface area contributed by atoms with Crippen LogP contribution < -0.4 is 9.64 Å². The number of hydrogen-bond acceptors (Lipinski definition) is 8. The maximum absolute atomic E-state index is 13.6. The van der Waals surface area contributed by atoms with Crippen LogP contribution in [0, 0.1) is 0 Å². The van der Waals surface area contributed by atoms with E-state index in [0.717, 1.165) is 10.2 Å².